The average Bonchev–Trinajstić information content (AvgIpc) is 3.70. The molecule has 289 valence electrons. The zero-order chi connectivity index (χ0) is 52.4. The molecule has 9 rings (SSSR count). The van der Waals surface area contributed by atoms with Crippen LogP contribution in [0.2, 0.25) is 0 Å². The van der Waals surface area contributed by atoms with Gasteiger partial charge in [-0.15, -0.1) is 47.5 Å². The first-order valence-electron chi connectivity index (χ1n) is 26.6. The maximum atomic E-state index is 9.24. The smallest absolute Gasteiger partial charge is 0.121 e. The van der Waals surface area contributed by atoms with Gasteiger partial charge in [-0.25, -0.2) is 0 Å². The van der Waals surface area contributed by atoms with Crippen LogP contribution in [0, 0.1) is 51.8 Å². The molecule has 0 bridgehead atoms. The Balaban J connectivity index is 0.000000245. The molecule has 0 aliphatic heterocycles. The third-order valence-electron chi connectivity index (χ3n) is 10.6. The molecule has 3 aromatic heterocycles. The summed E-state index contributed by atoms with van der Waals surface area (Å²) in [5.74, 6) is -0.935. The fraction of sp³-hybridized carbons (Fsp3) is 0.245. The van der Waals surface area contributed by atoms with Crippen molar-refractivity contribution in [1.29, 1.82) is 0 Å². The number of furan rings is 1. The van der Waals surface area contributed by atoms with Crippen molar-refractivity contribution < 1.29 is 46.5 Å². The van der Waals surface area contributed by atoms with E-state index in [0.717, 1.165) is 18.4 Å². The van der Waals surface area contributed by atoms with Gasteiger partial charge in [0.05, 0.1) is 5.58 Å². The Morgan fingerprint density at radius 1 is 0.684 bits per heavy atom. The summed E-state index contributed by atoms with van der Waals surface area (Å²) in [6, 6.07) is 36.4. The van der Waals surface area contributed by atoms with Crippen molar-refractivity contribution in [3.63, 3.8) is 0 Å². The maximum Gasteiger partial charge on any atom is 0.121 e. The first-order valence-corrected chi connectivity index (χ1v) is 18.6. The summed E-state index contributed by atoms with van der Waals surface area (Å²) in [7, 11) is 0. The van der Waals surface area contributed by atoms with E-state index in [-0.39, 0.29) is 64.5 Å². The van der Waals surface area contributed by atoms with Crippen LogP contribution in [0.1, 0.15) is 101 Å². The van der Waals surface area contributed by atoms with Crippen LogP contribution in [0.5, 0.6) is 0 Å². The van der Waals surface area contributed by atoms with Crippen LogP contribution in [0.3, 0.4) is 0 Å². The van der Waals surface area contributed by atoms with E-state index < -0.39 is 40.2 Å². The van der Waals surface area contributed by atoms with Crippen LogP contribution < -0.4 is 0 Å². The molecule has 3 nitrogen and oxygen atoms in total. The summed E-state index contributed by atoms with van der Waals surface area (Å²) in [4.78, 5) is 8.68. The molecule has 5 aromatic carbocycles. The molecule has 57 heavy (non-hydrogen) atoms. The van der Waals surface area contributed by atoms with Gasteiger partial charge in [0.15, 0.2) is 0 Å². The third kappa shape index (κ3) is 8.59. The van der Waals surface area contributed by atoms with Crippen molar-refractivity contribution >= 4 is 21.9 Å². The van der Waals surface area contributed by atoms with Gasteiger partial charge in [0.1, 0.15) is 5.58 Å². The van der Waals surface area contributed by atoms with Gasteiger partial charge >= 0.3 is 0 Å². The molecule has 0 atom stereocenters. The summed E-state index contributed by atoms with van der Waals surface area (Å²) in [6.07, 6.45) is 5.46. The SMILES string of the molecule is [2H]C([2H])([2H])c1ccc(-c2[c-]cc(C([2H])([2H])[2H])c(-c3ccccc3)c2)nc1.[2H]C([2H])([2H])c1ccc2c(c1)oc1c(-c3cc(-c4ccc(C5([2H])CCC(C)(C)CC5)cc4C([2H])([2H])[2H])c(C([2H])([2H])[2H])cn3)[c-]ccc12.[Ir]. The monoisotopic (exact) mass is 939 g/mol. The number of rotatable bonds is 5. The van der Waals surface area contributed by atoms with Crippen LogP contribution in [-0.2, 0) is 20.1 Å². The maximum absolute atomic E-state index is 9.24. The molecule has 1 aliphatic rings. The molecule has 0 unspecified atom stereocenters. The number of benzene rings is 5. The Hall–Kier alpha value is -5.15. The van der Waals surface area contributed by atoms with Crippen LogP contribution in [0.15, 0.2) is 126 Å². The van der Waals surface area contributed by atoms with E-state index in [9.17, 15) is 1.37 Å². The molecular weight excluding hydrogens is 873 g/mol. The van der Waals surface area contributed by atoms with Crippen molar-refractivity contribution in [3.05, 3.63) is 167 Å². The van der Waals surface area contributed by atoms with Crippen LogP contribution in [0.4, 0.5) is 0 Å². The second kappa shape index (κ2) is 16.8. The second-order valence-corrected chi connectivity index (χ2v) is 15.0. The minimum absolute atomic E-state index is 0. The molecule has 0 spiro atoms. The number of hydrogen-bond acceptors (Lipinski definition) is 3. The Labute approximate surface area is 374 Å². The molecule has 1 fully saturated rings. The number of pyridine rings is 2. The predicted octanol–water partition coefficient (Wildman–Crippen LogP) is 14.6. The number of hydrogen-bond donors (Lipinski definition) is 0. The molecule has 8 aromatic rings. The first-order chi connectivity index (χ1) is 33.4. The van der Waals surface area contributed by atoms with E-state index >= 15 is 0 Å². The largest absolute Gasteiger partial charge is 0.501 e. The molecule has 1 aliphatic carbocycles. The van der Waals surface area contributed by atoms with E-state index in [1.807, 2.05) is 30.3 Å². The number of nitrogens with zero attached hydrogens (tertiary/aromatic N) is 2. The van der Waals surface area contributed by atoms with E-state index in [0.29, 0.717) is 68.4 Å². The van der Waals surface area contributed by atoms with Gasteiger partial charge in [-0.2, -0.15) is 0 Å². The summed E-state index contributed by atoms with van der Waals surface area (Å²) >= 11 is 0. The van der Waals surface area contributed by atoms with Gasteiger partial charge in [-0.3, -0.25) is 0 Å². The van der Waals surface area contributed by atoms with E-state index in [1.165, 1.54) is 36.7 Å². The van der Waals surface area contributed by atoms with Gasteiger partial charge in [0.2, 0.25) is 0 Å². The fourth-order valence-corrected chi connectivity index (χ4v) is 7.31. The van der Waals surface area contributed by atoms with E-state index in [1.54, 1.807) is 54.6 Å². The molecule has 1 saturated carbocycles. The molecule has 0 saturated heterocycles. The average molecular weight is 939 g/mol. The topological polar surface area (TPSA) is 38.9 Å². The second-order valence-electron chi connectivity index (χ2n) is 15.0. The van der Waals surface area contributed by atoms with Gasteiger partial charge < -0.3 is 14.4 Å². The Bertz CT molecular complexity index is 3270. The first kappa shape index (κ1) is 24.6. The van der Waals surface area contributed by atoms with Gasteiger partial charge in [-0.05, 0) is 126 Å². The molecule has 1 radical (unpaired) electrons. The van der Waals surface area contributed by atoms with E-state index in [4.69, 9.17) is 25.0 Å². The van der Waals surface area contributed by atoms with Gasteiger partial charge in [0, 0.05) is 59.8 Å². The molecule has 4 heteroatoms. The zero-order valence-electron chi connectivity index (χ0n) is 47.5. The Morgan fingerprint density at radius 2 is 1.47 bits per heavy atom. The van der Waals surface area contributed by atoms with Crippen molar-refractivity contribution in [2.45, 2.75) is 79.7 Å². The summed E-state index contributed by atoms with van der Waals surface area (Å²) in [6.45, 7) is -7.62. The predicted molar refractivity (Wildman–Crippen MR) is 234 cm³/mol. The molecular formula is C53H50IrN2O-2. The number of aromatic nitrogens is 2. The fourth-order valence-electron chi connectivity index (χ4n) is 7.31. The summed E-state index contributed by atoms with van der Waals surface area (Å²) in [5.41, 5.74) is 5.55. The number of fused-ring (bicyclic) bond motifs is 3. The van der Waals surface area contributed by atoms with Gasteiger partial charge in [0.25, 0.3) is 0 Å². The van der Waals surface area contributed by atoms with Gasteiger partial charge in [-0.1, -0.05) is 116 Å². The third-order valence-corrected chi connectivity index (χ3v) is 10.6. The molecule has 0 N–H and O–H groups in total. The van der Waals surface area contributed by atoms with Crippen LogP contribution >= 0.6 is 0 Å². The van der Waals surface area contributed by atoms with Crippen LogP contribution in [0.25, 0.3) is 66.7 Å². The standard InChI is InChI=1S/C34H34NO.C19H16N.Ir/c1-21-9-11-27-28-7-6-8-29(33(28)36-32(27)17-21)31-19-30(23(3)20-35-31)26-12-10-25(18-22(26)2)24-13-15-34(4,5)16-14-24;1-14-8-11-19(20-13-14)17-10-9-15(2)18(12-17)16-6-4-3-5-7-16;/h6-7,9-12,17-20,24H,13-16H2,1-5H3;3-9,11-13H,1-2H3;/q2*-1;/i1D3,2D3,3D3,24D;1D3,2D3;. The minimum atomic E-state index is -2.60. The van der Waals surface area contributed by atoms with Crippen molar-refractivity contribution in [2.75, 3.05) is 0 Å². The summed E-state index contributed by atoms with van der Waals surface area (Å²) < 4.78 is 134. The number of aryl methyl sites for hydroxylation is 5. The normalized spacial score (nSPS) is 19.7. The van der Waals surface area contributed by atoms with Crippen molar-refractivity contribution in [3.8, 4) is 44.8 Å². The Morgan fingerprint density at radius 3 is 2.23 bits per heavy atom. The minimum Gasteiger partial charge on any atom is -0.501 e. The van der Waals surface area contributed by atoms with E-state index in [2.05, 4.69) is 35.9 Å². The molecule has 3 heterocycles. The van der Waals surface area contributed by atoms with Crippen LogP contribution in [-0.4, -0.2) is 9.97 Å². The Kier molecular flexibility index (Phi) is 7.22. The quantitative estimate of drug-likeness (QED) is 0.161. The van der Waals surface area contributed by atoms with Crippen molar-refractivity contribution in [2.24, 2.45) is 5.41 Å². The molecule has 0 amide bonds. The van der Waals surface area contributed by atoms with Crippen molar-refractivity contribution in [1.82, 2.24) is 9.97 Å². The summed E-state index contributed by atoms with van der Waals surface area (Å²) in [5, 5.41) is 1.40. The zero-order valence-corrected chi connectivity index (χ0v) is 33.9.